The van der Waals surface area contributed by atoms with Crippen molar-refractivity contribution in [3.63, 3.8) is 0 Å². The Hall–Kier alpha value is -0.460. The van der Waals surface area contributed by atoms with Crippen molar-refractivity contribution in [2.45, 2.75) is 142 Å². The molecule has 2 fully saturated rings. The van der Waals surface area contributed by atoms with Crippen molar-refractivity contribution < 1.29 is 31.1 Å². The summed E-state index contributed by atoms with van der Waals surface area (Å²) >= 11 is 0. The molecule has 0 N–H and O–H groups in total. The van der Waals surface area contributed by atoms with Crippen LogP contribution < -0.4 is 0 Å². The quantitative estimate of drug-likeness (QED) is 0.222. The molecule has 2 saturated carbocycles. The average molecular weight is 515 g/mol. The summed E-state index contributed by atoms with van der Waals surface area (Å²) in [5.41, 5.74) is 0.242. The van der Waals surface area contributed by atoms with Crippen LogP contribution in [0.2, 0.25) is 0 Å². The highest BCUT2D eigenvalue weighted by molar-refractivity contribution is 4.98. The largest absolute Gasteiger partial charge is 0.402 e. The van der Waals surface area contributed by atoms with E-state index < -0.39 is 31.0 Å². The second-order valence-corrected chi connectivity index (χ2v) is 11.3. The van der Waals surface area contributed by atoms with E-state index in [1.807, 2.05) is 0 Å². The van der Waals surface area contributed by atoms with Crippen molar-refractivity contribution in [1.29, 1.82) is 0 Å². The van der Waals surface area contributed by atoms with Gasteiger partial charge in [0.1, 0.15) is 0 Å². The monoisotopic (exact) mass is 514 g/mol. The molecule has 208 valence electrons. The third kappa shape index (κ3) is 8.53. The third-order valence-corrected chi connectivity index (χ3v) is 9.18. The van der Waals surface area contributed by atoms with Crippen LogP contribution in [0.1, 0.15) is 124 Å². The van der Waals surface area contributed by atoms with Crippen molar-refractivity contribution in [3.05, 3.63) is 0 Å². The van der Waals surface area contributed by atoms with Crippen LogP contribution in [0.3, 0.4) is 0 Å². The Bertz CT molecular complexity index is 534. The molecule has 0 aromatic heterocycles. The van der Waals surface area contributed by atoms with Crippen molar-refractivity contribution in [2.24, 2.45) is 29.1 Å². The summed E-state index contributed by atoms with van der Waals surface area (Å²) in [4.78, 5) is 0. The normalized spacial score (nSPS) is 21.4. The Morgan fingerprint density at radius 2 is 1.23 bits per heavy atom. The zero-order valence-corrected chi connectivity index (χ0v) is 22.1. The number of halogens is 6. The molecule has 0 aliphatic heterocycles. The van der Waals surface area contributed by atoms with E-state index in [1.54, 1.807) is 6.92 Å². The fraction of sp³-hybridized carbons (Fsp3) is 1.00. The minimum atomic E-state index is -5.34. The topological polar surface area (TPSA) is 9.23 Å². The van der Waals surface area contributed by atoms with Crippen LogP contribution in [-0.4, -0.2) is 25.1 Å². The first-order valence-corrected chi connectivity index (χ1v) is 14.2. The lowest BCUT2D eigenvalue weighted by Crippen LogP contribution is -2.46. The van der Waals surface area contributed by atoms with Gasteiger partial charge < -0.3 is 4.74 Å². The highest BCUT2D eigenvalue weighted by atomic mass is 19.4. The molecule has 0 amide bonds. The van der Waals surface area contributed by atoms with Gasteiger partial charge in [-0.2, -0.15) is 26.3 Å². The molecular weight excluding hydrogens is 466 g/mol. The molecule has 2 aliphatic carbocycles. The minimum absolute atomic E-state index is 0.242. The minimum Gasteiger partial charge on any atom is -0.378 e. The molecule has 0 aromatic carbocycles. The number of alkyl halides is 6. The van der Waals surface area contributed by atoms with Gasteiger partial charge in [-0.15, -0.1) is 0 Å². The maximum Gasteiger partial charge on any atom is 0.402 e. The predicted molar refractivity (Wildman–Crippen MR) is 129 cm³/mol. The number of ether oxygens (including phenoxy) is 1. The Morgan fingerprint density at radius 1 is 0.743 bits per heavy atom. The summed E-state index contributed by atoms with van der Waals surface area (Å²) in [6, 6.07) is 0. The van der Waals surface area contributed by atoms with Crippen LogP contribution in [0.4, 0.5) is 26.3 Å². The van der Waals surface area contributed by atoms with Gasteiger partial charge >= 0.3 is 12.4 Å². The smallest absolute Gasteiger partial charge is 0.378 e. The van der Waals surface area contributed by atoms with Gasteiger partial charge in [0.25, 0.3) is 0 Å². The van der Waals surface area contributed by atoms with Gasteiger partial charge in [-0.3, -0.25) is 0 Å². The number of rotatable bonds is 13. The Morgan fingerprint density at radius 3 is 1.63 bits per heavy atom. The molecule has 2 unspecified atom stereocenters. The molecule has 0 bridgehead atoms. The van der Waals surface area contributed by atoms with E-state index in [9.17, 15) is 26.3 Å². The molecule has 0 aromatic rings. The molecule has 0 spiro atoms. The summed E-state index contributed by atoms with van der Waals surface area (Å²) in [6.07, 6.45) is 7.28. The highest BCUT2D eigenvalue weighted by Crippen LogP contribution is 2.58. The Balaban J connectivity index is 2.13. The summed E-state index contributed by atoms with van der Waals surface area (Å²) < 4.78 is 82.5. The molecule has 0 heterocycles. The molecule has 35 heavy (non-hydrogen) atoms. The summed E-state index contributed by atoms with van der Waals surface area (Å²) in [7, 11) is 0. The van der Waals surface area contributed by atoms with Gasteiger partial charge in [0.15, 0.2) is 5.92 Å². The van der Waals surface area contributed by atoms with Crippen LogP contribution in [0.5, 0.6) is 0 Å². The van der Waals surface area contributed by atoms with Crippen LogP contribution >= 0.6 is 0 Å². The highest BCUT2D eigenvalue weighted by Gasteiger charge is 2.57. The molecule has 0 saturated heterocycles. The van der Waals surface area contributed by atoms with Crippen LogP contribution in [0, 0.1) is 29.1 Å². The molecule has 2 aliphatic rings. The second-order valence-electron chi connectivity index (χ2n) is 11.3. The summed E-state index contributed by atoms with van der Waals surface area (Å²) in [5.74, 6) is -1.41. The standard InChI is InChI=1S/C28H48F6O/c1-4-13-22(5-2)26(23-15-8-6-9-16-23,24-17-10-7-11-18-24)19-12-14-21(3)35-20-25(27(29,30)31)28(32,33)34/h21-25H,4-20H2,1-3H3. The molecule has 1 nitrogen and oxygen atoms in total. The van der Waals surface area contributed by atoms with Gasteiger partial charge in [-0.25, -0.2) is 0 Å². The molecule has 2 atom stereocenters. The summed E-state index contributed by atoms with van der Waals surface area (Å²) in [6.45, 7) is 4.83. The van der Waals surface area contributed by atoms with Crippen molar-refractivity contribution in [1.82, 2.24) is 0 Å². The Kier molecular flexibility index (Phi) is 12.2. The van der Waals surface area contributed by atoms with E-state index in [1.165, 1.54) is 70.6 Å². The maximum atomic E-state index is 12.9. The van der Waals surface area contributed by atoms with Gasteiger partial charge in [0.05, 0.1) is 12.7 Å². The second kappa shape index (κ2) is 13.9. The van der Waals surface area contributed by atoms with Gasteiger partial charge in [0.2, 0.25) is 0 Å². The van der Waals surface area contributed by atoms with Crippen LogP contribution in [-0.2, 0) is 4.74 Å². The van der Waals surface area contributed by atoms with E-state index in [4.69, 9.17) is 4.74 Å². The number of hydrogen-bond donors (Lipinski definition) is 0. The SMILES string of the molecule is CCCC(CC)C(CCCC(C)OCC(C(F)(F)F)C(F)(F)F)(C1CCCCC1)C1CCCCC1. The molecule has 2 rings (SSSR count). The van der Waals surface area contributed by atoms with E-state index in [-0.39, 0.29) is 5.41 Å². The zero-order chi connectivity index (χ0) is 26.1. The van der Waals surface area contributed by atoms with Crippen LogP contribution in [0.15, 0.2) is 0 Å². The fourth-order valence-corrected chi connectivity index (χ4v) is 7.51. The third-order valence-electron chi connectivity index (χ3n) is 9.18. The van der Waals surface area contributed by atoms with Crippen molar-refractivity contribution in [2.75, 3.05) is 6.61 Å². The molecular formula is C28H48F6O. The fourth-order valence-electron chi connectivity index (χ4n) is 7.51. The van der Waals surface area contributed by atoms with Crippen molar-refractivity contribution >= 4 is 0 Å². The van der Waals surface area contributed by atoms with E-state index >= 15 is 0 Å². The van der Waals surface area contributed by atoms with Crippen molar-refractivity contribution in [3.8, 4) is 0 Å². The lowest BCUT2D eigenvalue weighted by Gasteiger charge is -2.54. The van der Waals surface area contributed by atoms with Gasteiger partial charge in [-0.1, -0.05) is 78.1 Å². The first kappa shape index (κ1) is 30.8. The van der Waals surface area contributed by atoms with Gasteiger partial charge in [-0.05, 0) is 68.6 Å². The zero-order valence-electron chi connectivity index (χ0n) is 22.1. The Labute approximate surface area is 209 Å². The van der Waals surface area contributed by atoms with E-state index in [2.05, 4.69) is 13.8 Å². The van der Waals surface area contributed by atoms with E-state index in [0.29, 0.717) is 24.2 Å². The lowest BCUT2D eigenvalue weighted by atomic mass is 9.50. The first-order chi connectivity index (χ1) is 16.5. The van der Waals surface area contributed by atoms with E-state index in [0.717, 1.165) is 25.7 Å². The average Bonchev–Trinajstić information content (AvgIpc) is 2.80. The maximum absolute atomic E-state index is 12.9. The van der Waals surface area contributed by atoms with Crippen LogP contribution in [0.25, 0.3) is 0 Å². The molecule has 7 heteroatoms. The van der Waals surface area contributed by atoms with Gasteiger partial charge in [0, 0.05) is 0 Å². The lowest BCUT2D eigenvalue weighted by molar-refractivity contribution is -0.296. The molecule has 0 radical (unpaired) electrons. The first-order valence-electron chi connectivity index (χ1n) is 14.2. The number of hydrogen-bond acceptors (Lipinski definition) is 1. The summed E-state index contributed by atoms with van der Waals surface area (Å²) in [5, 5.41) is 0. The predicted octanol–water partition coefficient (Wildman–Crippen LogP) is 10.3.